The molecule has 6 heteroatoms. The second kappa shape index (κ2) is 5.76. The van der Waals surface area contributed by atoms with Crippen LogP contribution >= 0.6 is 0 Å². The molecular formula is C11H14N6. The first-order chi connectivity index (χ1) is 8.38. The third-order valence-corrected chi connectivity index (χ3v) is 2.28. The number of aromatic nitrogens is 3. The molecule has 0 atom stereocenters. The molecule has 6 nitrogen and oxygen atoms in total. The van der Waals surface area contributed by atoms with E-state index >= 15 is 0 Å². The molecule has 0 fully saturated rings. The van der Waals surface area contributed by atoms with E-state index in [-0.39, 0.29) is 0 Å². The second-order valence-corrected chi connectivity index (χ2v) is 3.47. The average molecular weight is 230 g/mol. The van der Waals surface area contributed by atoms with Gasteiger partial charge in [-0.05, 0) is 24.1 Å². The van der Waals surface area contributed by atoms with Gasteiger partial charge in [0.25, 0.3) is 0 Å². The van der Waals surface area contributed by atoms with Gasteiger partial charge >= 0.3 is 0 Å². The minimum atomic E-state index is 0.589. The van der Waals surface area contributed by atoms with Crippen molar-refractivity contribution in [2.75, 3.05) is 17.3 Å². The smallest absolute Gasteiger partial charge is 0.145 e. The van der Waals surface area contributed by atoms with Crippen molar-refractivity contribution in [2.24, 2.45) is 5.84 Å². The Bertz CT molecular complexity index is 459. The van der Waals surface area contributed by atoms with E-state index in [0.29, 0.717) is 5.82 Å². The zero-order chi connectivity index (χ0) is 11.9. The second-order valence-electron chi connectivity index (χ2n) is 3.47. The van der Waals surface area contributed by atoms with E-state index in [2.05, 4.69) is 25.7 Å². The molecule has 0 spiro atoms. The summed E-state index contributed by atoms with van der Waals surface area (Å²) in [5.41, 5.74) is 3.71. The molecule has 4 N–H and O–H groups in total. The van der Waals surface area contributed by atoms with Crippen molar-refractivity contribution in [2.45, 2.75) is 6.42 Å². The van der Waals surface area contributed by atoms with Crippen LogP contribution < -0.4 is 16.6 Å². The molecule has 0 aliphatic carbocycles. The molecule has 0 aromatic carbocycles. The molecule has 0 unspecified atom stereocenters. The minimum absolute atomic E-state index is 0.589. The van der Waals surface area contributed by atoms with Crippen molar-refractivity contribution in [3.05, 3.63) is 42.5 Å². The van der Waals surface area contributed by atoms with Gasteiger partial charge in [0.1, 0.15) is 18.0 Å². The number of anilines is 2. The number of nitrogens with zero attached hydrogens (tertiary/aromatic N) is 3. The topological polar surface area (TPSA) is 88.8 Å². The number of pyridine rings is 1. The highest BCUT2D eigenvalue weighted by atomic mass is 15.3. The number of hydrogen-bond donors (Lipinski definition) is 3. The predicted octanol–water partition coefficient (Wildman–Crippen LogP) is 0.812. The average Bonchev–Trinajstić information content (AvgIpc) is 2.40. The van der Waals surface area contributed by atoms with Gasteiger partial charge in [0, 0.05) is 25.0 Å². The zero-order valence-corrected chi connectivity index (χ0v) is 9.30. The van der Waals surface area contributed by atoms with E-state index in [1.165, 1.54) is 11.9 Å². The molecule has 2 rings (SSSR count). The summed E-state index contributed by atoms with van der Waals surface area (Å²) in [6, 6.07) is 5.75. The quantitative estimate of drug-likeness (QED) is 0.520. The lowest BCUT2D eigenvalue weighted by Gasteiger charge is -2.06. The van der Waals surface area contributed by atoms with Crippen LogP contribution in [-0.2, 0) is 6.42 Å². The molecule has 2 aromatic heterocycles. The third kappa shape index (κ3) is 3.39. The van der Waals surface area contributed by atoms with Crippen LogP contribution in [0.15, 0.2) is 36.9 Å². The lowest BCUT2D eigenvalue weighted by atomic mass is 10.2. The molecule has 2 heterocycles. The maximum absolute atomic E-state index is 5.26. The Hall–Kier alpha value is -2.21. The Morgan fingerprint density at radius 2 is 1.88 bits per heavy atom. The van der Waals surface area contributed by atoms with Gasteiger partial charge in [-0.1, -0.05) is 0 Å². The van der Waals surface area contributed by atoms with Gasteiger partial charge in [0.2, 0.25) is 0 Å². The van der Waals surface area contributed by atoms with Gasteiger partial charge < -0.3 is 10.7 Å². The molecule has 2 aromatic rings. The number of rotatable bonds is 5. The van der Waals surface area contributed by atoms with Crippen LogP contribution in [0, 0.1) is 0 Å². The number of hydrogen-bond acceptors (Lipinski definition) is 6. The molecule has 0 saturated carbocycles. The third-order valence-electron chi connectivity index (χ3n) is 2.28. The molecule has 88 valence electrons. The summed E-state index contributed by atoms with van der Waals surface area (Å²) in [4.78, 5) is 12.0. The largest absolute Gasteiger partial charge is 0.370 e. The lowest BCUT2D eigenvalue weighted by Crippen LogP contribution is -2.11. The monoisotopic (exact) mass is 230 g/mol. The van der Waals surface area contributed by atoms with Crippen LogP contribution in [0.5, 0.6) is 0 Å². The first kappa shape index (κ1) is 11.3. The van der Waals surface area contributed by atoms with E-state index in [1.54, 1.807) is 18.5 Å². The Morgan fingerprint density at radius 3 is 2.65 bits per heavy atom. The number of nitrogen functional groups attached to an aromatic ring is 1. The van der Waals surface area contributed by atoms with Gasteiger partial charge in [0.15, 0.2) is 0 Å². The first-order valence-corrected chi connectivity index (χ1v) is 5.30. The summed E-state index contributed by atoms with van der Waals surface area (Å²) in [5, 5.41) is 3.20. The standard InChI is InChI=1S/C11H14N6/c12-17-11-7-10(15-8-16-11)14-6-3-9-1-4-13-5-2-9/h1-2,4-5,7-8H,3,6,12H2,(H2,14,15,16,17). The molecule has 17 heavy (non-hydrogen) atoms. The fraction of sp³-hybridized carbons (Fsp3) is 0.182. The maximum atomic E-state index is 5.26. The molecule has 0 aliphatic heterocycles. The predicted molar refractivity (Wildman–Crippen MR) is 66.3 cm³/mol. The van der Waals surface area contributed by atoms with Crippen molar-refractivity contribution >= 4 is 11.6 Å². The first-order valence-electron chi connectivity index (χ1n) is 5.30. The number of hydrazine groups is 1. The minimum Gasteiger partial charge on any atom is -0.370 e. The van der Waals surface area contributed by atoms with Crippen molar-refractivity contribution in [1.29, 1.82) is 0 Å². The van der Waals surface area contributed by atoms with Crippen LogP contribution in [0.25, 0.3) is 0 Å². The van der Waals surface area contributed by atoms with Gasteiger partial charge in [-0.3, -0.25) is 4.98 Å². The Kier molecular flexibility index (Phi) is 3.82. The summed E-state index contributed by atoms with van der Waals surface area (Å²) in [6.07, 6.45) is 5.95. The van der Waals surface area contributed by atoms with Gasteiger partial charge in [-0.15, -0.1) is 0 Å². The van der Waals surface area contributed by atoms with Crippen molar-refractivity contribution < 1.29 is 0 Å². The lowest BCUT2D eigenvalue weighted by molar-refractivity contribution is 0.993. The van der Waals surface area contributed by atoms with Gasteiger partial charge in [-0.2, -0.15) is 0 Å². The van der Waals surface area contributed by atoms with Crippen LogP contribution in [0.2, 0.25) is 0 Å². The van der Waals surface area contributed by atoms with Crippen molar-refractivity contribution in [1.82, 2.24) is 15.0 Å². The SMILES string of the molecule is NNc1cc(NCCc2ccncc2)ncn1. The Labute approximate surface area is 99.3 Å². The number of nitrogens with two attached hydrogens (primary N) is 1. The van der Waals surface area contributed by atoms with Crippen LogP contribution in [0.1, 0.15) is 5.56 Å². The molecule has 0 aliphatic rings. The Balaban J connectivity index is 1.86. The van der Waals surface area contributed by atoms with Gasteiger partial charge in [-0.25, -0.2) is 15.8 Å². The van der Waals surface area contributed by atoms with Crippen molar-refractivity contribution in [3.63, 3.8) is 0 Å². The summed E-state index contributed by atoms with van der Waals surface area (Å²) in [7, 11) is 0. The molecular weight excluding hydrogens is 216 g/mol. The summed E-state index contributed by atoms with van der Waals surface area (Å²) < 4.78 is 0. The fourth-order valence-electron chi connectivity index (χ4n) is 1.42. The normalized spacial score (nSPS) is 9.94. The number of nitrogens with one attached hydrogen (secondary N) is 2. The Morgan fingerprint density at radius 1 is 1.12 bits per heavy atom. The van der Waals surface area contributed by atoms with E-state index < -0.39 is 0 Å². The van der Waals surface area contributed by atoms with Crippen LogP contribution in [0.4, 0.5) is 11.6 Å². The van der Waals surface area contributed by atoms with Gasteiger partial charge in [0.05, 0.1) is 0 Å². The van der Waals surface area contributed by atoms with Crippen LogP contribution in [0.3, 0.4) is 0 Å². The van der Waals surface area contributed by atoms with Crippen molar-refractivity contribution in [3.8, 4) is 0 Å². The summed E-state index contributed by atoms with van der Waals surface area (Å²) in [5.74, 6) is 6.60. The molecule has 0 saturated heterocycles. The highest BCUT2D eigenvalue weighted by molar-refractivity contribution is 5.45. The zero-order valence-electron chi connectivity index (χ0n) is 9.30. The van der Waals surface area contributed by atoms with E-state index in [9.17, 15) is 0 Å². The fourth-order valence-corrected chi connectivity index (χ4v) is 1.42. The van der Waals surface area contributed by atoms with Crippen LogP contribution in [-0.4, -0.2) is 21.5 Å². The summed E-state index contributed by atoms with van der Waals surface area (Å²) >= 11 is 0. The van der Waals surface area contributed by atoms with E-state index in [0.717, 1.165) is 18.8 Å². The molecule has 0 bridgehead atoms. The highest BCUT2D eigenvalue weighted by Gasteiger charge is 1.97. The van der Waals surface area contributed by atoms with E-state index in [4.69, 9.17) is 5.84 Å². The molecule has 0 amide bonds. The highest BCUT2D eigenvalue weighted by Crippen LogP contribution is 2.07. The summed E-state index contributed by atoms with van der Waals surface area (Å²) in [6.45, 7) is 0.797. The molecule has 0 radical (unpaired) electrons. The van der Waals surface area contributed by atoms with E-state index in [1.807, 2.05) is 12.1 Å². The maximum Gasteiger partial charge on any atom is 0.145 e.